The Morgan fingerprint density at radius 3 is 2.43 bits per heavy atom. The van der Waals surface area contributed by atoms with Crippen LogP contribution in [0.5, 0.6) is 0 Å². The average molecular weight is 476 g/mol. The van der Waals surface area contributed by atoms with Crippen molar-refractivity contribution in [2.24, 2.45) is 7.05 Å². The van der Waals surface area contributed by atoms with E-state index in [1.54, 1.807) is 0 Å². The lowest BCUT2D eigenvalue weighted by Crippen LogP contribution is -2.46. The first-order chi connectivity index (χ1) is 16.9. The molecule has 1 saturated heterocycles. The number of ether oxygens (including phenoxy) is 2. The molecule has 1 aromatic heterocycles. The Balaban J connectivity index is 1.22. The van der Waals surface area contributed by atoms with Crippen LogP contribution in [-0.4, -0.2) is 58.2 Å². The number of anilines is 1. The number of nitrogens with zero attached hydrogens (tertiary/aromatic N) is 2. The third-order valence-corrected chi connectivity index (χ3v) is 6.41. The summed E-state index contributed by atoms with van der Waals surface area (Å²) < 4.78 is 12.4. The number of hydrogen-bond acceptors (Lipinski definition) is 6. The van der Waals surface area contributed by atoms with Crippen LogP contribution in [-0.2, 0) is 21.3 Å². The lowest BCUT2D eigenvalue weighted by atomic mass is 9.98. The quantitative estimate of drug-likeness (QED) is 0.498. The maximum Gasteiger partial charge on any atom is 0.407 e. The van der Waals surface area contributed by atoms with Gasteiger partial charge in [0.1, 0.15) is 18.0 Å². The van der Waals surface area contributed by atoms with E-state index in [2.05, 4.69) is 27.9 Å². The van der Waals surface area contributed by atoms with Gasteiger partial charge in [-0.15, -0.1) is 0 Å². The number of aryl methyl sites for hydroxylation is 1. The third kappa shape index (κ3) is 4.24. The van der Waals surface area contributed by atoms with Gasteiger partial charge in [-0.2, -0.15) is 5.10 Å². The number of carboxylic acid groups (broad SMARTS) is 1. The molecule has 2 aliphatic rings. The Kier molecular flexibility index (Phi) is 5.96. The van der Waals surface area contributed by atoms with E-state index >= 15 is 0 Å². The molecule has 2 aromatic carbocycles. The topological polar surface area (TPSA) is 132 Å². The highest BCUT2D eigenvalue weighted by Crippen LogP contribution is 2.44. The molecule has 0 bridgehead atoms. The van der Waals surface area contributed by atoms with Crippen LogP contribution < -0.4 is 10.6 Å². The van der Waals surface area contributed by atoms with E-state index in [0.29, 0.717) is 6.42 Å². The minimum Gasteiger partial charge on any atom is -0.477 e. The van der Waals surface area contributed by atoms with Gasteiger partial charge in [-0.3, -0.25) is 9.48 Å². The van der Waals surface area contributed by atoms with Crippen LogP contribution in [0.4, 0.5) is 10.6 Å². The van der Waals surface area contributed by atoms with Crippen LogP contribution in [0.1, 0.15) is 33.8 Å². The minimum atomic E-state index is -1.21. The largest absolute Gasteiger partial charge is 0.477 e. The second kappa shape index (κ2) is 9.22. The molecule has 10 nitrogen and oxygen atoms in total. The highest BCUT2D eigenvalue weighted by atomic mass is 16.6. The number of benzene rings is 2. The summed E-state index contributed by atoms with van der Waals surface area (Å²) >= 11 is 0. The highest BCUT2D eigenvalue weighted by Gasteiger charge is 2.37. The predicted octanol–water partition coefficient (Wildman–Crippen LogP) is 2.75. The molecule has 2 amide bonds. The SMILES string of the molecule is Cn1ncc(C(=O)O)c1NC(=O)[C@H]1OCC[C@H]1NC(=O)OCC1c2ccccc2-c2ccccc21. The van der Waals surface area contributed by atoms with Gasteiger partial charge in [-0.05, 0) is 28.7 Å². The number of aromatic nitrogens is 2. The first-order valence-electron chi connectivity index (χ1n) is 11.2. The Hall–Kier alpha value is -4.18. The van der Waals surface area contributed by atoms with Crippen molar-refractivity contribution < 1.29 is 29.0 Å². The Labute approximate surface area is 200 Å². The summed E-state index contributed by atoms with van der Waals surface area (Å²) in [7, 11) is 1.52. The number of amides is 2. The summed E-state index contributed by atoms with van der Waals surface area (Å²) in [4.78, 5) is 36.8. The number of alkyl carbamates (subject to hydrolysis) is 1. The molecule has 10 heteroatoms. The summed E-state index contributed by atoms with van der Waals surface area (Å²) in [5.74, 6) is -1.82. The van der Waals surface area contributed by atoms with Crippen molar-refractivity contribution in [3.05, 3.63) is 71.4 Å². The number of nitrogens with one attached hydrogen (secondary N) is 2. The van der Waals surface area contributed by atoms with Crippen molar-refractivity contribution in [1.82, 2.24) is 15.1 Å². The summed E-state index contributed by atoms with van der Waals surface area (Å²) in [6, 6.07) is 15.5. The Morgan fingerprint density at radius 1 is 1.11 bits per heavy atom. The maximum atomic E-state index is 12.8. The first-order valence-corrected chi connectivity index (χ1v) is 11.2. The number of hydrogen-bond donors (Lipinski definition) is 3. The van der Waals surface area contributed by atoms with Crippen LogP contribution >= 0.6 is 0 Å². The van der Waals surface area contributed by atoms with Crippen molar-refractivity contribution in [1.29, 1.82) is 0 Å². The molecule has 1 aliphatic carbocycles. The molecule has 3 aromatic rings. The summed E-state index contributed by atoms with van der Waals surface area (Å²) in [6.07, 6.45) is -0.0711. The Bertz CT molecular complexity index is 1260. The molecule has 0 radical (unpaired) electrons. The van der Waals surface area contributed by atoms with E-state index in [-0.39, 0.29) is 30.5 Å². The van der Waals surface area contributed by atoms with Gasteiger partial charge in [-0.1, -0.05) is 48.5 Å². The standard InChI is InChI=1S/C25H24N4O6/c1-29-22(18(12-26-29)24(31)32)28-23(30)21-20(10-11-34-21)27-25(33)35-13-19-16-8-4-2-6-14(16)15-7-3-5-9-17(15)19/h2-9,12,19-21H,10-11,13H2,1H3,(H,27,33)(H,28,30)(H,31,32)/t20-,21+/m1/s1. The molecule has 1 fully saturated rings. The normalized spacial score (nSPS) is 18.5. The van der Waals surface area contributed by atoms with Crippen LogP contribution in [0.3, 0.4) is 0 Å². The van der Waals surface area contributed by atoms with E-state index in [0.717, 1.165) is 28.5 Å². The molecular formula is C25H24N4O6. The monoisotopic (exact) mass is 476 g/mol. The second-order valence-corrected chi connectivity index (χ2v) is 8.48. The summed E-state index contributed by atoms with van der Waals surface area (Å²) in [6.45, 7) is 0.422. The number of fused-ring (bicyclic) bond motifs is 3. The fraction of sp³-hybridized carbons (Fsp3) is 0.280. The minimum absolute atomic E-state index is 0.0397. The van der Waals surface area contributed by atoms with Gasteiger partial charge in [-0.25, -0.2) is 9.59 Å². The molecule has 0 unspecified atom stereocenters. The predicted molar refractivity (Wildman–Crippen MR) is 125 cm³/mol. The van der Waals surface area contributed by atoms with Crippen LogP contribution in [0.2, 0.25) is 0 Å². The molecule has 0 saturated carbocycles. The summed E-state index contributed by atoms with van der Waals surface area (Å²) in [5, 5.41) is 18.4. The number of aromatic carboxylic acids is 1. The van der Waals surface area contributed by atoms with Crippen molar-refractivity contribution in [2.45, 2.75) is 24.5 Å². The molecular weight excluding hydrogens is 452 g/mol. The van der Waals surface area contributed by atoms with Gasteiger partial charge in [0.2, 0.25) is 0 Å². The van der Waals surface area contributed by atoms with Crippen molar-refractivity contribution >= 4 is 23.8 Å². The zero-order valence-corrected chi connectivity index (χ0v) is 18.9. The van der Waals surface area contributed by atoms with E-state index in [9.17, 15) is 19.5 Å². The van der Waals surface area contributed by atoms with E-state index in [1.165, 1.54) is 11.7 Å². The van der Waals surface area contributed by atoms with Gasteiger partial charge < -0.3 is 25.2 Å². The molecule has 2 heterocycles. The molecule has 5 rings (SSSR count). The second-order valence-electron chi connectivity index (χ2n) is 8.48. The number of carbonyl (C=O) groups excluding carboxylic acids is 2. The van der Waals surface area contributed by atoms with Crippen LogP contribution in [0, 0.1) is 0 Å². The zero-order valence-electron chi connectivity index (χ0n) is 18.9. The molecule has 180 valence electrons. The van der Waals surface area contributed by atoms with Crippen molar-refractivity contribution in [3.8, 4) is 11.1 Å². The number of rotatable bonds is 6. The smallest absolute Gasteiger partial charge is 0.407 e. The van der Waals surface area contributed by atoms with Gasteiger partial charge >= 0.3 is 12.1 Å². The lowest BCUT2D eigenvalue weighted by molar-refractivity contribution is -0.125. The van der Waals surface area contributed by atoms with Crippen molar-refractivity contribution in [2.75, 3.05) is 18.5 Å². The summed E-state index contributed by atoms with van der Waals surface area (Å²) in [5.41, 5.74) is 4.34. The highest BCUT2D eigenvalue weighted by molar-refractivity contribution is 6.01. The molecule has 35 heavy (non-hydrogen) atoms. The van der Waals surface area contributed by atoms with Gasteiger partial charge in [0.05, 0.1) is 12.2 Å². The lowest BCUT2D eigenvalue weighted by Gasteiger charge is -2.20. The van der Waals surface area contributed by atoms with Gasteiger partial charge in [0.15, 0.2) is 6.10 Å². The molecule has 1 aliphatic heterocycles. The zero-order chi connectivity index (χ0) is 24.5. The number of carbonyl (C=O) groups is 3. The number of carboxylic acids is 1. The van der Waals surface area contributed by atoms with Crippen molar-refractivity contribution in [3.63, 3.8) is 0 Å². The molecule has 0 spiro atoms. The van der Waals surface area contributed by atoms with Gasteiger partial charge in [0, 0.05) is 19.6 Å². The fourth-order valence-electron chi connectivity index (χ4n) is 4.72. The average Bonchev–Trinajstić information content (AvgIpc) is 3.54. The first kappa shape index (κ1) is 22.6. The molecule has 2 atom stereocenters. The van der Waals surface area contributed by atoms with Crippen LogP contribution in [0.25, 0.3) is 11.1 Å². The van der Waals surface area contributed by atoms with E-state index in [1.807, 2.05) is 36.4 Å². The Morgan fingerprint density at radius 2 is 1.77 bits per heavy atom. The molecule has 3 N–H and O–H groups in total. The van der Waals surface area contributed by atoms with E-state index < -0.39 is 30.1 Å². The maximum absolute atomic E-state index is 12.8. The fourth-order valence-corrected chi connectivity index (χ4v) is 4.72. The van der Waals surface area contributed by atoms with Crippen LogP contribution in [0.15, 0.2) is 54.7 Å². The van der Waals surface area contributed by atoms with Gasteiger partial charge in [0.25, 0.3) is 5.91 Å². The third-order valence-electron chi connectivity index (χ3n) is 6.41. The van der Waals surface area contributed by atoms with E-state index in [4.69, 9.17) is 9.47 Å².